The highest BCUT2D eigenvalue weighted by Crippen LogP contribution is 2.42. The van der Waals surface area contributed by atoms with Crippen LogP contribution in [0.25, 0.3) is 11.1 Å². The molecule has 4 aromatic rings. The minimum Gasteiger partial charge on any atom is -0.496 e. The van der Waals surface area contributed by atoms with E-state index in [0.717, 1.165) is 11.1 Å². The fourth-order valence-corrected chi connectivity index (χ4v) is 4.42. The number of hydrogen-bond donors (Lipinski definition) is 0. The lowest BCUT2D eigenvalue weighted by Crippen LogP contribution is -2.36. The molecule has 0 fully saturated rings. The standard InChI is InChI=1S/C30H25Cl2NO5/c1-3-37-28(34)19-33(30(35)21-12-8-5-9-13-21)22-16-25(31)29(26(32)17-22)38-23-14-15-27(36-2)24(18-23)20-10-6-4-7-11-20/h4-18H,3,19H2,1-2H3. The predicted octanol–water partition coefficient (Wildman–Crippen LogP) is 7.67. The first kappa shape index (κ1) is 27.0. The van der Waals surface area contributed by atoms with Gasteiger partial charge in [-0.2, -0.15) is 0 Å². The average molecular weight is 550 g/mol. The number of rotatable bonds is 9. The molecule has 4 aromatic carbocycles. The van der Waals surface area contributed by atoms with Crippen LogP contribution in [0.4, 0.5) is 5.69 Å². The highest BCUT2D eigenvalue weighted by atomic mass is 35.5. The third-order valence-corrected chi connectivity index (χ3v) is 6.19. The molecule has 0 aliphatic carbocycles. The van der Waals surface area contributed by atoms with E-state index in [1.807, 2.05) is 36.4 Å². The zero-order valence-corrected chi connectivity index (χ0v) is 22.3. The van der Waals surface area contributed by atoms with Crippen molar-refractivity contribution < 1.29 is 23.8 Å². The largest absolute Gasteiger partial charge is 0.496 e. The average Bonchev–Trinajstić information content (AvgIpc) is 2.94. The molecule has 194 valence electrons. The maximum atomic E-state index is 13.3. The minimum absolute atomic E-state index is 0.166. The van der Waals surface area contributed by atoms with Crippen LogP contribution >= 0.6 is 23.2 Å². The molecular formula is C30H25Cl2NO5. The summed E-state index contributed by atoms with van der Waals surface area (Å²) in [6.07, 6.45) is 0. The Balaban J connectivity index is 1.68. The van der Waals surface area contributed by atoms with E-state index in [2.05, 4.69) is 0 Å². The van der Waals surface area contributed by atoms with Crippen LogP contribution in [0.1, 0.15) is 17.3 Å². The molecule has 0 atom stereocenters. The molecule has 0 saturated heterocycles. The molecule has 1 amide bonds. The first-order valence-electron chi connectivity index (χ1n) is 11.8. The van der Waals surface area contributed by atoms with Crippen molar-refractivity contribution in [3.05, 3.63) is 107 Å². The smallest absolute Gasteiger partial charge is 0.326 e. The third-order valence-electron chi connectivity index (χ3n) is 5.63. The molecule has 0 heterocycles. The van der Waals surface area contributed by atoms with Crippen molar-refractivity contribution in [2.24, 2.45) is 0 Å². The second kappa shape index (κ2) is 12.5. The van der Waals surface area contributed by atoms with Crippen molar-refractivity contribution in [3.63, 3.8) is 0 Å². The lowest BCUT2D eigenvalue weighted by Gasteiger charge is -2.23. The molecule has 0 aliphatic rings. The van der Waals surface area contributed by atoms with Crippen LogP contribution < -0.4 is 14.4 Å². The molecule has 4 rings (SSSR count). The Labute approximate surface area is 231 Å². The Hall–Kier alpha value is -4.00. The van der Waals surface area contributed by atoms with Gasteiger partial charge in [-0.25, -0.2) is 0 Å². The van der Waals surface area contributed by atoms with Crippen molar-refractivity contribution in [2.45, 2.75) is 6.92 Å². The van der Waals surface area contributed by atoms with Gasteiger partial charge < -0.3 is 14.2 Å². The van der Waals surface area contributed by atoms with Gasteiger partial charge >= 0.3 is 5.97 Å². The molecule has 0 radical (unpaired) electrons. The summed E-state index contributed by atoms with van der Waals surface area (Å²) in [5.74, 6) is 0.428. The van der Waals surface area contributed by atoms with Crippen LogP contribution in [0, 0.1) is 0 Å². The lowest BCUT2D eigenvalue weighted by atomic mass is 10.0. The highest BCUT2D eigenvalue weighted by Gasteiger charge is 2.24. The molecule has 6 nitrogen and oxygen atoms in total. The summed E-state index contributed by atoms with van der Waals surface area (Å²) in [5, 5.41) is 0.332. The Morgan fingerprint density at radius 2 is 1.47 bits per heavy atom. The molecule has 0 aliphatic heterocycles. The zero-order valence-electron chi connectivity index (χ0n) is 20.8. The highest BCUT2D eigenvalue weighted by molar-refractivity contribution is 6.37. The van der Waals surface area contributed by atoms with E-state index in [1.54, 1.807) is 56.5 Å². The molecular weight excluding hydrogens is 525 g/mol. The van der Waals surface area contributed by atoms with E-state index < -0.39 is 11.9 Å². The van der Waals surface area contributed by atoms with Gasteiger partial charge in [0.1, 0.15) is 18.0 Å². The van der Waals surface area contributed by atoms with Crippen LogP contribution in [0.5, 0.6) is 17.2 Å². The van der Waals surface area contributed by atoms with Crippen molar-refractivity contribution in [1.29, 1.82) is 0 Å². The summed E-state index contributed by atoms with van der Waals surface area (Å²) >= 11 is 13.2. The quantitative estimate of drug-likeness (QED) is 0.200. The molecule has 0 aromatic heterocycles. The van der Waals surface area contributed by atoms with Crippen molar-refractivity contribution >= 4 is 40.8 Å². The fourth-order valence-electron chi connectivity index (χ4n) is 3.86. The van der Waals surface area contributed by atoms with Gasteiger partial charge in [0.05, 0.1) is 23.8 Å². The summed E-state index contributed by atoms with van der Waals surface area (Å²) in [4.78, 5) is 26.9. The van der Waals surface area contributed by atoms with Crippen LogP contribution in [0.2, 0.25) is 10.0 Å². The number of hydrogen-bond acceptors (Lipinski definition) is 5. The van der Waals surface area contributed by atoms with Crippen LogP contribution in [0.3, 0.4) is 0 Å². The Bertz CT molecular complexity index is 1400. The van der Waals surface area contributed by atoms with Crippen molar-refractivity contribution in [3.8, 4) is 28.4 Å². The molecule has 0 spiro atoms. The van der Waals surface area contributed by atoms with Crippen LogP contribution in [-0.4, -0.2) is 32.1 Å². The Morgan fingerprint density at radius 1 is 0.842 bits per heavy atom. The maximum Gasteiger partial charge on any atom is 0.326 e. The summed E-state index contributed by atoms with van der Waals surface area (Å²) in [6.45, 7) is 1.57. The number of amides is 1. The van der Waals surface area contributed by atoms with Gasteiger partial charge in [-0.05, 0) is 55.0 Å². The van der Waals surface area contributed by atoms with Crippen LogP contribution in [-0.2, 0) is 9.53 Å². The van der Waals surface area contributed by atoms with E-state index in [-0.39, 0.29) is 28.9 Å². The first-order chi connectivity index (χ1) is 18.4. The molecule has 8 heteroatoms. The van der Waals surface area contributed by atoms with Gasteiger partial charge in [0.25, 0.3) is 5.91 Å². The summed E-state index contributed by atoms with van der Waals surface area (Å²) in [7, 11) is 1.60. The second-order valence-electron chi connectivity index (χ2n) is 8.13. The molecule has 38 heavy (non-hydrogen) atoms. The van der Waals surface area contributed by atoms with E-state index in [9.17, 15) is 9.59 Å². The third kappa shape index (κ3) is 6.28. The molecule has 0 unspecified atom stereocenters. The second-order valence-corrected chi connectivity index (χ2v) is 8.95. The molecule has 0 N–H and O–H groups in total. The monoisotopic (exact) mass is 549 g/mol. The number of methoxy groups -OCH3 is 1. The summed E-state index contributed by atoms with van der Waals surface area (Å²) in [6, 6.07) is 26.8. The predicted molar refractivity (Wildman–Crippen MR) is 150 cm³/mol. The minimum atomic E-state index is -0.559. The maximum absolute atomic E-state index is 13.3. The van der Waals surface area contributed by atoms with Gasteiger partial charge in [-0.1, -0.05) is 71.7 Å². The molecule has 0 saturated carbocycles. The number of nitrogens with zero attached hydrogens (tertiary/aromatic N) is 1. The van der Waals surface area contributed by atoms with Gasteiger partial charge in [-0.3, -0.25) is 14.5 Å². The van der Waals surface area contributed by atoms with Gasteiger partial charge in [-0.15, -0.1) is 0 Å². The zero-order chi connectivity index (χ0) is 27.1. The topological polar surface area (TPSA) is 65.1 Å². The Kier molecular flexibility index (Phi) is 8.89. The first-order valence-corrected chi connectivity index (χ1v) is 12.6. The van der Waals surface area contributed by atoms with E-state index in [4.69, 9.17) is 37.4 Å². The number of halogens is 2. The summed E-state index contributed by atoms with van der Waals surface area (Å²) in [5.41, 5.74) is 2.52. The van der Waals surface area contributed by atoms with Crippen molar-refractivity contribution in [2.75, 3.05) is 25.2 Å². The number of carbonyl (C=O) groups is 2. The number of ether oxygens (including phenoxy) is 3. The summed E-state index contributed by atoms with van der Waals surface area (Å²) < 4.78 is 16.7. The fraction of sp³-hybridized carbons (Fsp3) is 0.133. The van der Waals surface area contributed by atoms with Crippen molar-refractivity contribution in [1.82, 2.24) is 0 Å². The van der Waals surface area contributed by atoms with Gasteiger partial charge in [0.2, 0.25) is 0 Å². The van der Waals surface area contributed by atoms with Gasteiger partial charge in [0, 0.05) is 16.8 Å². The normalized spacial score (nSPS) is 10.5. The number of esters is 1. The Morgan fingerprint density at radius 3 is 2.08 bits per heavy atom. The van der Waals surface area contributed by atoms with E-state index in [0.29, 0.717) is 22.7 Å². The SMILES string of the molecule is CCOC(=O)CN(C(=O)c1ccccc1)c1cc(Cl)c(Oc2ccc(OC)c(-c3ccccc3)c2)c(Cl)c1. The number of anilines is 1. The van der Waals surface area contributed by atoms with Crippen LogP contribution in [0.15, 0.2) is 91.0 Å². The van der Waals surface area contributed by atoms with E-state index in [1.165, 1.54) is 17.0 Å². The lowest BCUT2D eigenvalue weighted by molar-refractivity contribution is -0.141. The number of benzene rings is 4. The number of carbonyl (C=O) groups excluding carboxylic acids is 2. The molecule has 0 bridgehead atoms. The van der Waals surface area contributed by atoms with Gasteiger partial charge in [0.15, 0.2) is 5.75 Å². The van der Waals surface area contributed by atoms with E-state index >= 15 is 0 Å².